The second-order valence-electron chi connectivity index (χ2n) is 6.09. The van der Waals surface area contributed by atoms with Gasteiger partial charge >= 0.3 is 0 Å². The molecule has 1 saturated heterocycles. The highest BCUT2D eigenvalue weighted by molar-refractivity contribution is 7.91. The lowest BCUT2D eigenvalue weighted by Gasteiger charge is -2.26. The van der Waals surface area contributed by atoms with E-state index < -0.39 is 9.84 Å². The summed E-state index contributed by atoms with van der Waals surface area (Å²) in [5.74, 6) is 1.09. The fourth-order valence-electron chi connectivity index (χ4n) is 2.76. The summed E-state index contributed by atoms with van der Waals surface area (Å²) in [5.41, 5.74) is 1.23. The molecule has 1 aliphatic heterocycles. The van der Waals surface area contributed by atoms with Gasteiger partial charge in [-0.15, -0.1) is 0 Å². The largest absolute Gasteiger partial charge is 0.354 e. The van der Waals surface area contributed by atoms with Crippen LogP contribution in [0.15, 0.2) is 35.3 Å². The van der Waals surface area contributed by atoms with Crippen LogP contribution in [0.3, 0.4) is 0 Å². The molecule has 1 fully saturated rings. The average molecular weight is 338 g/mol. The molecule has 1 heterocycles. The van der Waals surface area contributed by atoms with Gasteiger partial charge in [-0.1, -0.05) is 30.3 Å². The summed E-state index contributed by atoms with van der Waals surface area (Å²) in [7, 11) is 2.89. The number of aliphatic imine (C=N–C) groups is 1. The highest BCUT2D eigenvalue weighted by Gasteiger charge is 2.28. The van der Waals surface area contributed by atoms with Gasteiger partial charge in [-0.3, -0.25) is 4.99 Å². The first kappa shape index (κ1) is 17.7. The molecule has 0 bridgehead atoms. The van der Waals surface area contributed by atoms with Crippen molar-refractivity contribution in [3.8, 4) is 0 Å². The van der Waals surface area contributed by atoms with Crippen molar-refractivity contribution in [2.45, 2.75) is 18.5 Å². The molecule has 0 spiro atoms. The summed E-state index contributed by atoms with van der Waals surface area (Å²) in [6, 6.07) is 10.4. The van der Waals surface area contributed by atoms with Crippen LogP contribution in [-0.4, -0.2) is 64.5 Å². The van der Waals surface area contributed by atoms with Crippen LogP contribution >= 0.6 is 0 Å². The first-order chi connectivity index (χ1) is 10.9. The molecular weight excluding hydrogens is 312 g/mol. The number of nitrogens with zero attached hydrogens (tertiary/aromatic N) is 2. The summed E-state index contributed by atoms with van der Waals surface area (Å²) < 4.78 is 23.1. The highest BCUT2D eigenvalue weighted by Crippen LogP contribution is 2.16. The minimum Gasteiger partial charge on any atom is -0.354 e. The number of guanidine groups is 1. The van der Waals surface area contributed by atoms with E-state index in [9.17, 15) is 8.42 Å². The van der Waals surface area contributed by atoms with Gasteiger partial charge in [0.1, 0.15) is 0 Å². The Morgan fingerprint density at radius 3 is 2.57 bits per heavy atom. The monoisotopic (exact) mass is 338 g/mol. The minimum atomic E-state index is -2.89. The van der Waals surface area contributed by atoms with Gasteiger partial charge in [0.25, 0.3) is 0 Å². The molecule has 2 unspecified atom stereocenters. The molecular formula is C16H26N4O2S. The summed E-state index contributed by atoms with van der Waals surface area (Å²) >= 11 is 0. The van der Waals surface area contributed by atoms with Crippen LogP contribution < -0.4 is 10.6 Å². The van der Waals surface area contributed by atoms with E-state index in [1.54, 1.807) is 7.05 Å². The normalized spacial score (nSPS) is 22.1. The van der Waals surface area contributed by atoms with Gasteiger partial charge in [0, 0.05) is 19.6 Å². The van der Waals surface area contributed by atoms with E-state index >= 15 is 0 Å². The lowest BCUT2D eigenvalue weighted by Crippen LogP contribution is -2.46. The van der Waals surface area contributed by atoms with Crippen LogP contribution in [0.25, 0.3) is 0 Å². The van der Waals surface area contributed by atoms with Gasteiger partial charge in [0.05, 0.1) is 17.5 Å². The number of benzene rings is 1. The molecule has 2 atom stereocenters. The highest BCUT2D eigenvalue weighted by atomic mass is 32.2. The molecule has 1 aromatic rings. The van der Waals surface area contributed by atoms with Crippen molar-refractivity contribution in [3.63, 3.8) is 0 Å². The first-order valence-corrected chi connectivity index (χ1v) is 9.62. The van der Waals surface area contributed by atoms with E-state index in [0.29, 0.717) is 18.9 Å². The van der Waals surface area contributed by atoms with Crippen molar-refractivity contribution in [2.24, 2.45) is 4.99 Å². The molecule has 128 valence electrons. The number of sulfone groups is 1. The summed E-state index contributed by atoms with van der Waals surface area (Å²) in [4.78, 5) is 6.35. The van der Waals surface area contributed by atoms with E-state index in [1.807, 2.05) is 32.3 Å². The Kier molecular flexibility index (Phi) is 6.01. The van der Waals surface area contributed by atoms with Crippen molar-refractivity contribution in [1.82, 2.24) is 15.5 Å². The maximum Gasteiger partial charge on any atom is 0.191 e. The molecule has 2 N–H and O–H groups in total. The SMILES string of the molecule is CN=C(NCC(c1ccccc1)N(C)C)NC1CCS(=O)(=O)C1. The van der Waals surface area contributed by atoms with Gasteiger partial charge in [-0.05, 0) is 26.1 Å². The molecule has 0 radical (unpaired) electrons. The number of hydrogen-bond donors (Lipinski definition) is 2. The number of hydrogen-bond acceptors (Lipinski definition) is 4. The first-order valence-electron chi connectivity index (χ1n) is 7.80. The molecule has 1 aromatic carbocycles. The van der Waals surface area contributed by atoms with E-state index in [-0.39, 0.29) is 23.6 Å². The molecule has 0 aromatic heterocycles. The predicted octanol–water partition coefficient (Wildman–Crippen LogP) is 0.641. The number of rotatable bonds is 5. The third kappa shape index (κ3) is 5.21. The molecule has 7 heteroatoms. The van der Waals surface area contributed by atoms with Crippen LogP contribution in [0.4, 0.5) is 0 Å². The molecule has 0 aliphatic carbocycles. The third-order valence-corrected chi connectivity index (χ3v) is 5.84. The van der Waals surface area contributed by atoms with E-state index in [1.165, 1.54) is 5.56 Å². The van der Waals surface area contributed by atoms with Crippen molar-refractivity contribution in [3.05, 3.63) is 35.9 Å². The van der Waals surface area contributed by atoms with E-state index in [0.717, 1.165) is 0 Å². The quantitative estimate of drug-likeness (QED) is 0.609. The molecule has 0 amide bonds. The van der Waals surface area contributed by atoms with Crippen LogP contribution in [0, 0.1) is 0 Å². The van der Waals surface area contributed by atoms with E-state index in [2.05, 4.69) is 32.7 Å². The van der Waals surface area contributed by atoms with Crippen LogP contribution in [0.2, 0.25) is 0 Å². The lowest BCUT2D eigenvalue weighted by atomic mass is 10.1. The predicted molar refractivity (Wildman–Crippen MR) is 94.4 cm³/mol. The Morgan fingerprint density at radius 2 is 2.04 bits per heavy atom. The zero-order valence-electron chi connectivity index (χ0n) is 14.0. The maximum absolute atomic E-state index is 11.5. The Labute approximate surface area is 138 Å². The average Bonchev–Trinajstić information content (AvgIpc) is 2.86. The topological polar surface area (TPSA) is 73.8 Å². The van der Waals surface area contributed by atoms with Crippen molar-refractivity contribution in [1.29, 1.82) is 0 Å². The molecule has 2 rings (SSSR count). The number of nitrogens with one attached hydrogen (secondary N) is 2. The van der Waals surface area contributed by atoms with Gasteiger partial charge in [-0.2, -0.15) is 0 Å². The Hall–Kier alpha value is -1.60. The summed E-state index contributed by atoms with van der Waals surface area (Å²) in [6.45, 7) is 0.691. The van der Waals surface area contributed by atoms with Crippen LogP contribution in [0.5, 0.6) is 0 Å². The molecule has 0 saturated carbocycles. The zero-order valence-corrected chi connectivity index (χ0v) is 14.8. The Bertz CT molecular complexity index is 629. The number of likely N-dealkylation sites (N-methyl/N-ethyl adjacent to an activating group) is 1. The fourth-order valence-corrected chi connectivity index (χ4v) is 4.44. The van der Waals surface area contributed by atoms with Gasteiger partial charge < -0.3 is 15.5 Å². The molecule has 1 aliphatic rings. The minimum absolute atomic E-state index is 0.0549. The van der Waals surface area contributed by atoms with Gasteiger partial charge in [-0.25, -0.2) is 8.42 Å². The van der Waals surface area contributed by atoms with E-state index in [4.69, 9.17) is 0 Å². The lowest BCUT2D eigenvalue weighted by molar-refractivity contribution is 0.298. The third-order valence-electron chi connectivity index (χ3n) is 4.07. The maximum atomic E-state index is 11.5. The van der Waals surface area contributed by atoms with Crippen molar-refractivity contribution in [2.75, 3.05) is 39.2 Å². The molecule has 23 heavy (non-hydrogen) atoms. The Morgan fingerprint density at radius 1 is 1.35 bits per heavy atom. The fraction of sp³-hybridized carbons (Fsp3) is 0.562. The second kappa shape index (κ2) is 7.79. The van der Waals surface area contributed by atoms with Crippen molar-refractivity contribution < 1.29 is 8.42 Å². The van der Waals surface area contributed by atoms with Crippen LogP contribution in [-0.2, 0) is 9.84 Å². The molecule has 6 nitrogen and oxygen atoms in total. The second-order valence-corrected chi connectivity index (χ2v) is 8.32. The standard InChI is InChI=1S/C16H26N4O2S/c1-17-16(19-14-9-10-23(21,22)12-14)18-11-15(20(2)3)13-7-5-4-6-8-13/h4-8,14-15H,9-12H2,1-3H3,(H2,17,18,19). The smallest absolute Gasteiger partial charge is 0.191 e. The Balaban J connectivity index is 1.94. The van der Waals surface area contributed by atoms with Crippen LogP contribution in [0.1, 0.15) is 18.0 Å². The van der Waals surface area contributed by atoms with Crippen molar-refractivity contribution >= 4 is 15.8 Å². The van der Waals surface area contributed by atoms with Gasteiger partial charge in [0.15, 0.2) is 15.8 Å². The zero-order chi connectivity index (χ0) is 16.9. The van der Waals surface area contributed by atoms with Gasteiger partial charge in [0.2, 0.25) is 0 Å². The summed E-state index contributed by atoms with van der Waals surface area (Å²) in [6.07, 6.45) is 0.638. The summed E-state index contributed by atoms with van der Waals surface area (Å²) in [5, 5.41) is 6.51.